The molecule has 1 saturated heterocycles. The standard InChI is InChI=1S/C23H24N4O2/c1-17-8-6-7-11-20(17)29-22-14-21(24-16-25-22)26-12-13-27(18(2)15-26)23(28)19-9-4-3-5-10-19/h3-11,14,16,18H,12-13,15H2,1-2H3/t18-/m1/s1. The van der Waals surface area contributed by atoms with E-state index in [9.17, 15) is 4.79 Å². The Morgan fingerprint density at radius 1 is 1.03 bits per heavy atom. The van der Waals surface area contributed by atoms with Crippen LogP contribution in [0, 0.1) is 6.92 Å². The van der Waals surface area contributed by atoms with Crippen LogP contribution in [0.1, 0.15) is 22.8 Å². The molecule has 29 heavy (non-hydrogen) atoms. The van der Waals surface area contributed by atoms with Gasteiger partial charge in [-0.1, -0.05) is 36.4 Å². The highest BCUT2D eigenvalue weighted by Gasteiger charge is 2.28. The molecule has 148 valence electrons. The molecular weight excluding hydrogens is 364 g/mol. The van der Waals surface area contributed by atoms with Crippen molar-refractivity contribution in [2.75, 3.05) is 24.5 Å². The molecule has 0 N–H and O–H groups in total. The Morgan fingerprint density at radius 2 is 1.79 bits per heavy atom. The van der Waals surface area contributed by atoms with Gasteiger partial charge in [0.05, 0.1) is 0 Å². The molecule has 1 aliphatic heterocycles. The van der Waals surface area contributed by atoms with Crippen LogP contribution in [0.3, 0.4) is 0 Å². The quantitative estimate of drug-likeness (QED) is 0.678. The lowest BCUT2D eigenvalue weighted by molar-refractivity contribution is 0.0673. The van der Waals surface area contributed by atoms with Gasteiger partial charge in [0.25, 0.3) is 5.91 Å². The molecule has 2 aromatic carbocycles. The zero-order chi connectivity index (χ0) is 20.2. The number of ether oxygens (including phenoxy) is 1. The van der Waals surface area contributed by atoms with Gasteiger partial charge < -0.3 is 14.5 Å². The first kappa shape index (κ1) is 18.9. The number of carbonyl (C=O) groups is 1. The van der Waals surface area contributed by atoms with Crippen molar-refractivity contribution >= 4 is 11.7 Å². The van der Waals surface area contributed by atoms with Crippen molar-refractivity contribution in [3.63, 3.8) is 0 Å². The minimum atomic E-state index is 0.0732. The molecule has 1 atom stereocenters. The highest BCUT2D eigenvalue weighted by Crippen LogP contribution is 2.26. The summed E-state index contributed by atoms with van der Waals surface area (Å²) in [6.45, 7) is 6.14. The zero-order valence-electron chi connectivity index (χ0n) is 16.7. The number of piperazine rings is 1. The van der Waals surface area contributed by atoms with Gasteiger partial charge in [-0.3, -0.25) is 4.79 Å². The average Bonchev–Trinajstić information content (AvgIpc) is 2.76. The molecule has 0 aliphatic carbocycles. The van der Waals surface area contributed by atoms with E-state index < -0.39 is 0 Å². The summed E-state index contributed by atoms with van der Waals surface area (Å²) in [6, 6.07) is 19.2. The van der Waals surface area contributed by atoms with E-state index >= 15 is 0 Å². The molecule has 0 saturated carbocycles. The Labute approximate surface area is 170 Å². The van der Waals surface area contributed by atoms with Crippen LogP contribution in [0.4, 0.5) is 5.82 Å². The molecule has 6 nitrogen and oxygen atoms in total. The predicted octanol–water partition coefficient (Wildman–Crippen LogP) is 3.93. The fourth-order valence-corrected chi connectivity index (χ4v) is 3.56. The fraction of sp³-hybridized carbons (Fsp3) is 0.261. The van der Waals surface area contributed by atoms with E-state index in [2.05, 4.69) is 21.8 Å². The highest BCUT2D eigenvalue weighted by molar-refractivity contribution is 5.94. The van der Waals surface area contributed by atoms with Crippen LogP contribution in [0.5, 0.6) is 11.6 Å². The number of aromatic nitrogens is 2. The van der Waals surface area contributed by atoms with Gasteiger partial charge in [0, 0.05) is 37.3 Å². The van der Waals surface area contributed by atoms with E-state index in [-0.39, 0.29) is 11.9 Å². The molecule has 1 amide bonds. The molecule has 2 heterocycles. The zero-order valence-corrected chi connectivity index (χ0v) is 16.7. The maximum absolute atomic E-state index is 12.8. The van der Waals surface area contributed by atoms with Gasteiger partial charge in [0.1, 0.15) is 17.9 Å². The van der Waals surface area contributed by atoms with Gasteiger partial charge in [-0.2, -0.15) is 0 Å². The van der Waals surface area contributed by atoms with Crippen molar-refractivity contribution in [2.24, 2.45) is 0 Å². The molecule has 0 radical (unpaired) electrons. The first-order valence-electron chi connectivity index (χ1n) is 9.78. The van der Waals surface area contributed by atoms with Gasteiger partial charge in [-0.25, -0.2) is 9.97 Å². The number of anilines is 1. The summed E-state index contributed by atoms with van der Waals surface area (Å²) in [4.78, 5) is 25.6. The number of nitrogens with zero attached hydrogens (tertiary/aromatic N) is 4. The number of carbonyl (C=O) groups excluding carboxylic acids is 1. The first-order chi connectivity index (χ1) is 14.1. The number of amides is 1. The minimum Gasteiger partial charge on any atom is -0.439 e. The van der Waals surface area contributed by atoms with Crippen molar-refractivity contribution in [3.05, 3.63) is 78.1 Å². The van der Waals surface area contributed by atoms with E-state index in [1.807, 2.05) is 72.5 Å². The third-order valence-corrected chi connectivity index (χ3v) is 5.17. The Kier molecular flexibility index (Phi) is 5.42. The minimum absolute atomic E-state index is 0.0732. The lowest BCUT2D eigenvalue weighted by Crippen LogP contribution is -2.54. The molecular formula is C23H24N4O2. The Morgan fingerprint density at radius 3 is 2.55 bits per heavy atom. The Balaban J connectivity index is 1.45. The van der Waals surface area contributed by atoms with E-state index in [1.165, 1.54) is 6.33 Å². The van der Waals surface area contributed by atoms with E-state index in [0.29, 0.717) is 25.5 Å². The molecule has 0 unspecified atom stereocenters. The smallest absolute Gasteiger partial charge is 0.254 e. The summed E-state index contributed by atoms with van der Waals surface area (Å²) >= 11 is 0. The largest absolute Gasteiger partial charge is 0.439 e. The van der Waals surface area contributed by atoms with Crippen LogP contribution in [0.2, 0.25) is 0 Å². The van der Waals surface area contributed by atoms with Crippen molar-refractivity contribution in [1.82, 2.24) is 14.9 Å². The van der Waals surface area contributed by atoms with Crippen molar-refractivity contribution in [2.45, 2.75) is 19.9 Å². The normalized spacial score (nSPS) is 16.6. The summed E-state index contributed by atoms with van der Waals surface area (Å²) in [7, 11) is 0. The van der Waals surface area contributed by atoms with Gasteiger partial charge in [0.15, 0.2) is 0 Å². The van der Waals surface area contributed by atoms with E-state index in [0.717, 1.165) is 22.7 Å². The molecule has 3 aromatic rings. The average molecular weight is 388 g/mol. The van der Waals surface area contributed by atoms with Gasteiger partial charge in [0.2, 0.25) is 5.88 Å². The van der Waals surface area contributed by atoms with Gasteiger partial charge in [-0.05, 0) is 37.6 Å². The summed E-state index contributed by atoms with van der Waals surface area (Å²) in [5.41, 5.74) is 1.78. The van der Waals surface area contributed by atoms with E-state index in [1.54, 1.807) is 0 Å². The second-order valence-corrected chi connectivity index (χ2v) is 7.24. The number of aryl methyl sites for hydroxylation is 1. The summed E-state index contributed by atoms with van der Waals surface area (Å²) < 4.78 is 5.94. The maximum Gasteiger partial charge on any atom is 0.254 e. The van der Waals surface area contributed by atoms with Gasteiger partial charge >= 0.3 is 0 Å². The lowest BCUT2D eigenvalue weighted by Gasteiger charge is -2.40. The number of hydrogen-bond acceptors (Lipinski definition) is 5. The molecule has 0 bridgehead atoms. The SMILES string of the molecule is Cc1ccccc1Oc1cc(N2CCN(C(=O)c3ccccc3)[C@H](C)C2)ncn1. The number of hydrogen-bond donors (Lipinski definition) is 0. The van der Waals surface area contributed by atoms with Crippen molar-refractivity contribution < 1.29 is 9.53 Å². The molecule has 0 spiro atoms. The summed E-state index contributed by atoms with van der Waals surface area (Å²) in [5.74, 6) is 2.18. The Hall–Kier alpha value is -3.41. The van der Waals surface area contributed by atoms with Crippen molar-refractivity contribution in [1.29, 1.82) is 0 Å². The van der Waals surface area contributed by atoms with Gasteiger partial charge in [-0.15, -0.1) is 0 Å². The number of rotatable bonds is 4. The summed E-state index contributed by atoms with van der Waals surface area (Å²) in [6.07, 6.45) is 1.52. The second-order valence-electron chi connectivity index (χ2n) is 7.24. The van der Waals surface area contributed by atoms with Crippen LogP contribution < -0.4 is 9.64 Å². The van der Waals surface area contributed by atoms with Crippen LogP contribution in [-0.4, -0.2) is 46.5 Å². The number of para-hydroxylation sites is 1. The topological polar surface area (TPSA) is 58.6 Å². The molecule has 1 aromatic heterocycles. The van der Waals surface area contributed by atoms with Crippen LogP contribution >= 0.6 is 0 Å². The van der Waals surface area contributed by atoms with E-state index in [4.69, 9.17) is 4.74 Å². The first-order valence-corrected chi connectivity index (χ1v) is 9.78. The molecule has 1 aliphatic rings. The second kappa shape index (κ2) is 8.31. The Bertz CT molecular complexity index is 993. The highest BCUT2D eigenvalue weighted by atomic mass is 16.5. The fourth-order valence-electron chi connectivity index (χ4n) is 3.56. The molecule has 4 rings (SSSR count). The summed E-state index contributed by atoms with van der Waals surface area (Å²) in [5, 5.41) is 0. The molecule has 1 fully saturated rings. The number of benzene rings is 2. The predicted molar refractivity (Wildman–Crippen MR) is 112 cm³/mol. The van der Waals surface area contributed by atoms with Crippen LogP contribution in [0.15, 0.2) is 67.0 Å². The van der Waals surface area contributed by atoms with Crippen molar-refractivity contribution in [3.8, 4) is 11.6 Å². The third kappa shape index (κ3) is 4.21. The monoisotopic (exact) mass is 388 g/mol. The molecule has 6 heteroatoms. The maximum atomic E-state index is 12.8. The third-order valence-electron chi connectivity index (χ3n) is 5.17. The van der Waals surface area contributed by atoms with Crippen LogP contribution in [-0.2, 0) is 0 Å². The lowest BCUT2D eigenvalue weighted by atomic mass is 10.1. The van der Waals surface area contributed by atoms with Crippen LogP contribution in [0.25, 0.3) is 0 Å².